The Kier molecular flexibility index (Phi) is 3.03. The summed E-state index contributed by atoms with van der Waals surface area (Å²) in [6.45, 7) is 2.17. The molecular formula is C12H17FN2. The van der Waals surface area contributed by atoms with Gasteiger partial charge in [-0.3, -0.25) is 11.3 Å². The summed E-state index contributed by atoms with van der Waals surface area (Å²) in [5.41, 5.74) is 3.74. The quantitative estimate of drug-likeness (QED) is 0.589. The first-order valence-electron chi connectivity index (χ1n) is 5.44. The second kappa shape index (κ2) is 4.29. The SMILES string of the molecule is CC(C1CC1)C(NN)c1cccc(F)c1. The molecule has 1 aliphatic carbocycles. The van der Waals surface area contributed by atoms with E-state index in [1.54, 1.807) is 12.1 Å². The van der Waals surface area contributed by atoms with Gasteiger partial charge in [0.2, 0.25) is 0 Å². The fourth-order valence-corrected chi connectivity index (χ4v) is 2.15. The van der Waals surface area contributed by atoms with Crippen LogP contribution in [0.2, 0.25) is 0 Å². The molecule has 0 heterocycles. The first-order chi connectivity index (χ1) is 7.22. The third-order valence-electron chi connectivity index (χ3n) is 3.28. The van der Waals surface area contributed by atoms with E-state index in [9.17, 15) is 4.39 Å². The van der Waals surface area contributed by atoms with Gasteiger partial charge in [0.15, 0.2) is 0 Å². The molecule has 3 N–H and O–H groups in total. The predicted octanol–water partition coefficient (Wildman–Crippen LogP) is 2.38. The minimum atomic E-state index is -0.198. The fraction of sp³-hybridized carbons (Fsp3) is 0.500. The van der Waals surface area contributed by atoms with E-state index in [4.69, 9.17) is 5.84 Å². The topological polar surface area (TPSA) is 38.0 Å². The molecule has 82 valence electrons. The highest BCUT2D eigenvalue weighted by Crippen LogP contribution is 2.42. The van der Waals surface area contributed by atoms with E-state index in [1.807, 2.05) is 6.07 Å². The molecule has 0 spiro atoms. The molecule has 2 nitrogen and oxygen atoms in total. The molecule has 0 radical (unpaired) electrons. The van der Waals surface area contributed by atoms with Crippen molar-refractivity contribution in [3.63, 3.8) is 0 Å². The van der Waals surface area contributed by atoms with Gasteiger partial charge < -0.3 is 0 Å². The number of hydrogen-bond acceptors (Lipinski definition) is 2. The minimum Gasteiger partial charge on any atom is -0.271 e. The van der Waals surface area contributed by atoms with Gasteiger partial charge in [0, 0.05) is 6.04 Å². The maximum atomic E-state index is 13.1. The molecule has 0 aromatic heterocycles. The van der Waals surface area contributed by atoms with Crippen molar-refractivity contribution in [3.8, 4) is 0 Å². The van der Waals surface area contributed by atoms with Gasteiger partial charge in [-0.2, -0.15) is 0 Å². The molecule has 1 saturated carbocycles. The van der Waals surface area contributed by atoms with Crippen LogP contribution in [0.1, 0.15) is 31.4 Å². The van der Waals surface area contributed by atoms with Crippen LogP contribution in [0.3, 0.4) is 0 Å². The van der Waals surface area contributed by atoms with Crippen molar-refractivity contribution < 1.29 is 4.39 Å². The summed E-state index contributed by atoms with van der Waals surface area (Å²) >= 11 is 0. The smallest absolute Gasteiger partial charge is 0.123 e. The summed E-state index contributed by atoms with van der Waals surface area (Å²) in [5, 5.41) is 0. The minimum absolute atomic E-state index is 0.0631. The molecule has 2 unspecified atom stereocenters. The number of nitrogens with one attached hydrogen (secondary N) is 1. The van der Waals surface area contributed by atoms with Crippen LogP contribution in [0.4, 0.5) is 4.39 Å². The van der Waals surface area contributed by atoms with Crippen molar-refractivity contribution in [3.05, 3.63) is 35.6 Å². The van der Waals surface area contributed by atoms with Crippen molar-refractivity contribution in [1.29, 1.82) is 0 Å². The Bertz CT molecular complexity index is 336. The first-order valence-corrected chi connectivity index (χ1v) is 5.44. The van der Waals surface area contributed by atoms with Gasteiger partial charge in [-0.05, 0) is 42.4 Å². The zero-order chi connectivity index (χ0) is 10.8. The number of benzene rings is 1. The number of halogens is 1. The lowest BCUT2D eigenvalue weighted by molar-refractivity contribution is 0.353. The first kappa shape index (κ1) is 10.6. The zero-order valence-electron chi connectivity index (χ0n) is 8.91. The van der Waals surface area contributed by atoms with Crippen LogP contribution >= 0.6 is 0 Å². The molecule has 1 aromatic rings. The van der Waals surface area contributed by atoms with Crippen LogP contribution in [-0.2, 0) is 0 Å². The second-order valence-corrected chi connectivity index (χ2v) is 4.40. The Morgan fingerprint density at radius 2 is 2.20 bits per heavy atom. The Morgan fingerprint density at radius 3 is 2.73 bits per heavy atom. The monoisotopic (exact) mass is 208 g/mol. The molecule has 0 bridgehead atoms. The molecule has 15 heavy (non-hydrogen) atoms. The van der Waals surface area contributed by atoms with Crippen molar-refractivity contribution in [2.24, 2.45) is 17.7 Å². The van der Waals surface area contributed by atoms with Crippen LogP contribution in [0.5, 0.6) is 0 Å². The maximum absolute atomic E-state index is 13.1. The van der Waals surface area contributed by atoms with E-state index in [0.717, 1.165) is 11.5 Å². The van der Waals surface area contributed by atoms with Crippen molar-refractivity contribution in [2.45, 2.75) is 25.8 Å². The molecule has 0 saturated heterocycles. The van der Waals surface area contributed by atoms with Gasteiger partial charge in [0.25, 0.3) is 0 Å². The van der Waals surface area contributed by atoms with E-state index in [0.29, 0.717) is 5.92 Å². The average Bonchev–Trinajstić information content (AvgIpc) is 3.02. The lowest BCUT2D eigenvalue weighted by atomic mass is 9.91. The van der Waals surface area contributed by atoms with Crippen LogP contribution in [-0.4, -0.2) is 0 Å². The highest BCUT2D eigenvalue weighted by molar-refractivity contribution is 5.21. The van der Waals surface area contributed by atoms with Crippen LogP contribution in [0, 0.1) is 17.7 Å². The summed E-state index contributed by atoms with van der Waals surface area (Å²) in [5.74, 6) is 6.56. The highest BCUT2D eigenvalue weighted by atomic mass is 19.1. The number of rotatable bonds is 4. The molecule has 1 aromatic carbocycles. The molecule has 1 aliphatic rings. The molecule has 1 fully saturated rings. The fourth-order valence-electron chi connectivity index (χ4n) is 2.15. The van der Waals surface area contributed by atoms with Crippen molar-refractivity contribution in [1.82, 2.24) is 5.43 Å². The summed E-state index contributed by atoms with van der Waals surface area (Å²) in [6, 6.07) is 6.73. The van der Waals surface area contributed by atoms with Gasteiger partial charge in [-0.25, -0.2) is 4.39 Å². The number of hydrazine groups is 1. The van der Waals surface area contributed by atoms with Crippen molar-refractivity contribution >= 4 is 0 Å². The molecule has 2 atom stereocenters. The second-order valence-electron chi connectivity index (χ2n) is 4.40. The molecule has 0 amide bonds. The van der Waals surface area contributed by atoms with Gasteiger partial charge in [-0.15, -0.1) is 0 Å². The standard InChI is InChI=1S/C12H17FN2/c1-8(9-5-6-9)12(15-14)10-3-2-4-11(13)7-10/h2-4,7-9,12,15H,5-6,14H2,1H3. The van der Waals surface area contributed by atoms with Gasteiger partial charge in [0.05, 0.1) is 0 Å². The largest absolute Gasteiger partial charge is 0.271 e. The number of hydrogen-bond donors (Lipinski definition) is 2. The number of nitrogens with two attached hydrogens (primary N) is 1. The molecular weight excluding hydrogens is 191 g/mol. The van der Waals surface area contributed by atoms with E-state index < -0.39 is 0 Å². The van der Waals surface area contributed by atoms with E-state index in [2.05, 4.69) is 12.3 Å². The Labute approximate surface area is 89.6 Å². The van der Waals surface area contributed by atoms with Crippen molar-refractivity contribution in [2.75, 3.05) is 0 Å². The third-order valence-corrected chi connectivity index (χ3v) is 3.28. The highest BCUT2D eigenvalue weighted by Gasteiger charge is 2.33. The lowest BCUT2D eigenvalue weighted by Gasteiger charge is -2.23. The molecule has 3 heteroatoms. The summed E-state index contributed by atoms with van der Waals surface area (Å²) in [7, 11) is 0. The van der Waals surface area contributed by atoms with Gasteiger partial charge in [-0.1, -0.05) is 19.1 Å². The van der Waals surface area contributed by atoms with Gasteiger partial charge >= 0.3 is 0 Å². The van der Waals surface area contributed by atoms with E-state index in [1.165, 1.54) is 18.9 Å². The zero-order valence-corrected chi connectivity index (χ0v) is 8.91. The Morgan fingerprint density at radius 1 is 1.47 bits per heavy atom. The van der Waals surface area contributed by atoms with Crippen LogP contribution in [0.15, 0.2) is 24.3 Å². The van der Waals surface area contributed by atoms with Gasteiger partial charge in [0.1, 0.15) is 5.82 Å². The van der Waals surface area contributed by atoms with Crippen LogP contribution < -0.4 is 11.3 Å². The summed E-state index contributed by atoms with van der Waals surface area (Å²) in [4.78, 5) is 0. The predicted molar refractivity (Wildman–Crippen MR) is 58.4 cm³/mol. The maximum Gasteiger partial charge on any atom is 0.123 e. The van der Waals surface area contributed by atoms with Crippen LogP contribution in [0.25, 0.3) is 0 Å². The van der Waals surface area contributed by atoms with E-state index in [-0.39, 0.29) is 11.9 Å². The lowest BCUT2D eigenvalue weighted by Crippen LogP contribution is -2.33. The summed E-state index contributed by atoms with van der Waals surface area (Å²) < 4.78 is 13.1. The van der Waals surface area contributed by atoms with E-state index >= 15 is 0 Å². The average molecular weight is 208 g/mol. The summed E-state index contributed by atoms with van der Waals surface area (Å²) in [6.07, 6.45) is 2.54. The Hall–Kier alpha value is -0.930. The third kappa shape index (κ3) is 2.36. The normalized spacial score (nSPS) is 19.9. The molecule has 0 aliphatic heterocycles. The Balaban J connectivity index is 2.17. The molecule has 2 rings (SSSR count).